The van der Waals surface area contributed by atoms with Crippen LogP contribution in [0.25, 0.3) is 0 Å². The molecule has 0 radical (unpaired) electrons. The molecular weight excluding hydrogens is 433 g/mol. The zero-order valence-corrected chi connectivity index (χ0v) is 18.3. The topological polar surface area (TPSA) is 68.2 Å². The quantitative estimate of drug-likeness (QED) is 0.549. The Morgan fingerprint density at radius 1 is 1.12 bits per heavy atom. The van der Waals surface area contributed by atoms with E-state index < -0.39 is 6.36 Å². The van der Waals surface area contributed by atoms with E-state index in [9.17, 15) is 18.0 Å². The fraction of sp³-hybridized carbons (Fsp3) is 0.333. The van der Waals surface area contributed by atoms with Crippen molar-refractivity contribution >= 4 is 11.7 Å². The van der Waals surface area contributed by atoms with E-state index in [1.165, 1.54) is 18.5 Å². The van der Waals surface area contributed by atoms with Crippen molar-refractivity contribution in [1.29, 1.82) is 0 Å². The van der Waals surface area contributed by atoms with Crippen LogP contribution in [0.2, 0.25) is 0 Å². The summed E-state index contributed by atoms with van der Waals surface area (Å²) >= 11 is 0. The Kier molecular flexibility index (Phi) is 6.31. The SMILES string of the molecule is CC(=O)Cc1cccc(Cc2ncnc(N3CCc4cc(OC(F)(F)F)ccc4C3)n2)c1C. The molecule has 0 unspecified atom stereocenters. The molecule has 172 valence electrons. The first-order valence-corrected chi connectivity index (χ1v) is 10.5. The van der Waals surface area contributed by atoms with Gasteiger partial charge in [0.15, 0.2) is 0 Å². The van der Waals surface area contributed by atoms with Crippen molar-refractivity contribution in [2.75, 3.05) is 11.4 Å². The zero-order chi connectivity index (χ0) is 23.6. The molecule has 0 aliphatic carbocycles. The first-order valence-electron chi connectivity index (χ1n) is 10.5. The molecule has 1 aliphatic heterocycles. The largest absolute Gasteiger partial charge is 0.573 e. The summed E-state index contributed by atoms with van der Waals surface area (Å²) in [5.41, 5.74) is 4.83. The molecule has 0 atom stereocenters. The predicted molar refractivity (Wildman–Crippen MR) is 116 cm³/mol. The Morgan fingerprint density at radius 3 is 2.67 bits per heavy atom. The average molecular weight is 456 g/mol. The van der Waals surface area contributed by atoms with Crippen molar-refractivity contribution in [1.82, 2.24) is 15.0 Å². The maximum Gasteiger partial charge on any atom is 0.573 e. The molecule has 0 amide bonds. The smallest absolute Gasteiger partial charge is 0.406 e. The highest BCUT2D eigenvalue weighted by Crippen LogP contribution is 2.29. The molecule has 0 fully saturated rings. The van der Waals surface area contributed by atoms with Crippen LogP contribution in [0.5, 0.6) is 5.75 Å². The Labute approximate surface area is 189 Å². The number of alkyl halides is 3. The Bertz CT molecular complexity index is 1180. The van der Waals surface area contributed by atoms with E-state index in [1.807, 2.05) is 30.0 Å². The second-order valence-corrected chi connectivity index (χ2v) is 8.11. The summed E-state index contributed by atoms with van der Waals surface area (Å²) in [5.74, 6) is 1.04. The van der Waals surface area contributed by atoms with Crippen molar-refractivity contribution in [2.45, 2.75) is 46.0 Å². The number of anilines is 1. The summed E-state index contributed by atoms with van der Waals surface area (Å²) in [7, 11) is 0. The number of benzene rings is 2. The van der Waals surface area contributed by atoms with E-state index in [4.69, 9.17) is 0 Å². The third kappa shape index (κ3) is 5.66. The van der Waals surface area contributed by atoms with Gasteiger partial charge in [-0.2, -0.15) is 4.98 Å². The van der Waals surface area contributed by atoms with Crippen molar-refractivity contribution in [3.63, 3.8) is 0 Å². The van der Waals surface area contributed by atoms with Gasteiger partial charge in [0, 0.05) is 25.9 Å². The van der Waals surface area contributed by atoms with Crippen LogP contribution < -0.4 is 9.64 Å². The molecule has 4 rings (SSSR count). The number of ether oxygens (including phenoxy) is 1. The third-order valence-electron chi connectivity index (χ3n) is 5.66. The number of carbonyl (C=O) groups is 1. The molecule has 1 aromatic heterocycles. The molecule has 0 N–H and O–H groups in total. The number of ketones is 1. The van der Waals surface area contributed by atoms with E-state index in [2.05, 4.69) is 19.7 Å². The molecular formula is C24H23F3N4O2. The summed E-state index contributed by atoms with van der Waals surface area (Å²) in [5, 5.41) is 0. The molecule has 0 spiro atoms. The average Bonchev–Trinajstić information content (AvgIpc) is 2.75. The fourth-order valence-electron chi connectivity index (χ4n) is 4.01. The molecule has 6 nitrogen and oxygen atoms in total. The molecule has 2 aromatic carbocycles. The van der Waals surface area contributed by atoms with Crippen molar-refractivity contribution < 1.29 is 22.7 Å². The number of aromatic nitrogens is 3. The number of rotatable bonds is 6. The van der Waals surface area contributed by atoms with E-state index in [0.29, 0.717) is 44.1 Å². The van der Waals surface area contributed by atoms with E-state index in [-0.39, 0.29) is 11.5 Å². The minimum Gasteiger partial charge on any atom is -0.406 e. The monoisotopic (exact) mass is 456 g/mol. The number of Topliss-reactive ketones (excluding diaryl/α,β-unsaturated/α-hetero) is 1. The van der Waals surface area contributed by atoms with Gasteiger partial charge in [-0.05, 0) is 60.2 Å². The van der Waals surface area contributed by atoms with Crippen molar-refractivity contribution in [3.05, 3.63) is 76.4 Å². The third-order valence-corrected chi connectivity index (χ3v) is 5.66. The minimum absolute atomic E-state index is 0.111. The highest BCUT2D eigenvalue weighted by atomic mass is 19.4. The lowest BCUT2D eigenvalue weighted by molar-refractivity contribution is -0.274. The van der Waals surface area contributed by atoms with Crippen LogP contribution in [0.15, 0.2) is 42.7 Å². The highest BCUT2D eigenvalue weighted by molar-refractivity contribution is 5.78. The van der Waals surface area contributed by atoms with Gasteiger partial charge in [-0.1, -0.05) is 24.3 Å². The summed E-state index contributed by atoms with van der Waals surface area (Å²) in [4.78, 5) is 26.8. The second kappa shape index (κ2) is 9.17. The number of nitrogens with zero attached hydrogens (tertiary/aromatic N) is 4. The van der Waals surface area contributed by atoms with Crippen molar-refractivity contribution in [3.8, 4) is 5.75 Å². The normalized spacial score (nSPS) is 13.5. The number of halogens is 3. The summed E-state index contributed by atoms with van der Waals surface area (Å²) < 4.78 is 41.5. The molecule has 1 aliphatic rings. The Balaban J connectivity index is 1.50. The fourth-order valence-corrected chi connectivity index (χ4v) is 4.01. The Hall–Kier alpha value is -3.49. The van der Waals surface area contributed by atoms with Crippen molar-refractivity contribution in [2.24, 2.45) is 0 Å². The first-order chi connectivity index (χ1) is 15.7. The van der Waals surface area contributed by atoms with Crippen LogP contribution in [0, 0.1) is 6.92 Å². The molecule has 33 heavy (non-hydrogen) atoms. The number of carbonyl (C=O) groups excluding carboxylic acids is 1. The lowest BCUT2D eigenvalue weighted by Gasteiger charge is -2.29. The minimum atomic E-state index is -4.71. The van der Waals surface area contributed by atoms with Gasteiger partial charge in [0.05, 0.1) is 0 Å². The van der Waals surface area contributed by atoms with Crippen LogP contribution in [-0.2, 0) is 30.6 Å². The Morgan fingerprint density at radius 2 is 1.91 bits per heavy atom. The highest BCUT2D eigenvalue weighted by Gasteiger charge is 2.31. The number of fused-ring (bicyclic) bond motifs is 1. The van der Waals surface area contributed by atoms with E-state index in [1.54, 1.807) is 13.0 Å². The maximum atomic E-state index is 12.5. The molecule has 3 aromatic rings. The van der Waals surface area contributed by atoms with Gasteiger partial charge >= 0.3 is 6.36 Å². The zero-order valence-electron chi connectivity index (χ0n) is 18.3. The lowest BCUT2D eigenvalue weighted by atomic mass is 9.97. The molecule has 9 heteroatoms. The van der Waals surface area contributed by atoms with Crippen LogP contribution >= 0.6 is 0 Å². The van der Waals surface area contributed by atoms with Crippen LogP contribution in [0.3, 0.4) is 0 Å². The first kappa shape index (κ1) is 22.7. The van der Waals surface area contributed by atoms with E-state index in [0.717, 1.165) is 27.8 Å². The van der Waals surface area contributed by atoms with Gasteiger partial charge in [0.2, 0.25) is 5.95 Å². The number of hydrogen-bond donors (Lipinski definition) is 0. The molecule has 2 heterocycles. The van der Waals surface area contributed by atoms with Crippen LogP contribution in [-0.4, -0.2) is 33.6 Å². The summed E-state index contributed by atoms with van der Waals surface area (Å²) in [6.07, 6.45) is -1.78. The summed E-state index contributed by atoms with van der Waals surface area (Å²) in [6.45, 7) is 4.62. The maximum absolute atomic E-state index is 12.5. The number of hydrogen-bond acceptors (Lipinski definition) is 6. The molecule has 0 bridgehead atoms. The second-order valence-electron chi connectivity index (χ2n) is 8.11. The molecule has 0 saturated heterocycles. The van der Waals surface area contributed by atoms with Gasteiger partial charge in [-0.3, -0.25) is 4.79 Å². The van der Waals surface area contributed by atoms with E-state index >= 15 is 0 Å². The van der Waals surface area contributed by atoms with Gasteiger partial charge < -0.3 is 9.64 Å². The van der Waals surface area contributed by atoms with Crippen LogP contribution in [0.1, 0.15) is 40.6 Å². The predicted octanol–water partition coefficient (Wildman–Crippen LogP) is 4.36. The molecule has 0 saturated carbocycles. The standard InChI is InChI=1S/C24H23F3N4O2/c1-15(32)10-17-4-3-5-18(16(17)2)12-22-28-14-29-23(30-22)31-9-8-19-11-21(33-24(25,26)27)7-6-20(19)13-31/h3-7,11,14H,8-10,12-13H2,1-2H3. The van der Waals surface area contributed by atoms with Crippen LogP contribution in [0.4, 0.5) is 19.1 Å². The summed E-state index contributed by atoms with van der Waals surface area (Å²) in [6, 6.07) is 10.3. The van der Waals surface area contributed by atoms with Gasteiger partial charge in [-0.25, -0.2) is 9.97 Å². The van der Waals surface area contributed by atoms with Gasteiger partial charge in [-0.15, -0.1) is 13.2 Å². The van der Waals surface area contributed by atoms with Gasteiger partial charge in [0.25, 0.3) is 0 Å². The lowest BCUT2D eigenvalue weighted by Crippen LogP contribution is -2.32. The van der Waals surface area contributed by atoms with Gasteiger partial charge in [0.1, 0.15) is 23.7 Å².